The third kappa shape index (κ3) is 2.54. The topological polar surface area (TPSA) is 75.4 Å². The molecule has 1 unspecified atom stereocenters. The van der Waals surface area contributed by atoms with E-state index in [0.29, 0.717) is 11.3 Å². The van der Waals surface area contributed by atoms with Crippen molar-refractivity contribution in [2.75, 3.05) is 13.1 Å². The summed E-state index contributed by atoms with van der Waals surface area (Å²) in [5, 5.41) is 13.1. The second-order valence-corrected chi connectivity index (χ2v) is 7.40. The van der Waals surface area contributed by atoms with Crippen LogP contribution < -0.4 is 0 Å². The number of nitrogens with zero attached hydrogens (tertiary/aromatic N) is 3. The number of carboxylic acids is 1. The van der Waals surface area contributed by atoms with E-state index < -0.39 is 5.97 Å². The van der Waals surface area contributed by atoms with Crippen molar-refractivity contribution in [2.24, 2.45) is 11.3 Å². The number of likely N-dealkylation sites (tertiary alicyclic amines) is 1. The summed E-state index contributed by atoms with van der Waals surface area (Å²) in [5.74, 6) is -0.304. The maximum atomic E-state index is 12.7. The lowest BCUT2D eigenvalue weighted by Gasteiger charge is -2.32. The Morgan fingerprint density at radius 2 is 1.91 bits per heavy atom. The van der Waals surface area contributed by atoms with Gasteiger partial charge in [-0.1, -0.05) is 12.8 Å². The van der Waals surface area contributed by atoms with Crippen molar-refractivity contribution in [3.8, 4) is 0 Å². The molecule has 6 nitrogen and oxygen atoms in total. The van der Waals surface area contributed by atoms with Crippen LogP contribution in [0, 0.1) is 11.3 Å². The number of carboxylic acid groups (broad SMARTS) is 1. The lowest BCUT2D eigenvalue weighted by Crippen LogP contribution is -2.40. The van der Waals surface area contributed by atoms with Crippen LogP contribution >= 0.6 is 0 Å². The number of hydrogen-bond donors (Lipinski definition) is 1. The molecule has 23 heavy (non-hydrogen) atoms. The van der Waals surface area contributed by atoms with Gasteiger partial charge in [0.2, 0.25) is 5.91 Å². The van der Waals surface area contributed by atoms with Gasteiger partial charge in [-0.15, -0.1) is 0 Å². The molecule has 6 heteroatoms. The van der Waals surface area contributed by atoms with Crippen LogP contribution in [0.2, 0.25) is 0 Å². The second kappa shape index (κ2) is 5.35. The summed E-state index contributed by atoms with van der Waals surface area (Å²) >= 11 is 0. The van der Waals surface area contributed by atoms with Crippen LogP contribution in [0.5, 0.6) is 0 Å². The molecule has 1 saturated heterocycles. The first kappa shape index (κ1) is 14.7. The van der Waals surface area contributed by atoms with Crippen LogP contribution in [0.3, 0.4) is 0 Å². The van der Waals surface area contributed by atoms with Gasteiger partial charge in [0.15, 0.2) is 0 Å². The molecule has 124 valence electrons. The molecule has 1 aromatic heterocycles. The van der Waals surface area contributed by atoms with E-state index in [4.69, 9.17) is 5.11 Å². The highest BCUT2D eigenvalue weighted by Gasteiger charge is 2.59. The first-order valence-electron chi connectivity index (χ1n) is 8.65. The van der Waals surface area contributed by atoms with Gasteiger partial charge in [-0.3, -0.25) is 9.48 Å². The Morgan fingerprint density at radius 3 is 2.52 bits per heavy atom. The number of carbonyl (C=O) groups is 2. The van der Waals surface area contributed by atoms with Crippen LogP contribution in [0.1, 0.15) is 61.3 Å². The smallest absolute Gasteiger partial charge is 0.338 e. The second-order valence-electron chi connectivity index (χ2n) is 7.40. The first-order chi connectivity index (χ1) is 11.1. The van der Waals surface area contributed by atoms with Crippen LogP contribution in [0.15, 0.2) is 12.4 Å². The molecule has 1 N–H and O–H groups in total. The van der Waals surface area contributed by atoms with E-state index in [2.05, 4.69) is 5.10 Å². The molecule has 1 aromatic rings. The van der Waals surface area contributed by atoms with Crippen LogP contribution in [0.25, 0.3) is 0 Å². The molecule has 1 amide bonds. The lowest BCUT2D eigenvalue weighted by atomic mass is 10.00. The summed E-state index contributed by atoms with van der Waals surface area (Å²) in [4.78, 5) is 25.6. The maximum absolute atomic E-state index is 12.7. The van der Waals surface area contributed by atoms with Crippen molar-refractivity contribution in [1.29, 1.82) is 0 Å². The van der Waals surface area contributed by atoms with Crippen LogP contribution in [0.4, 0.5) is 0 Å². The van der Waals surface area contributed by atoms with E-state index in [0.717, 1.165) is 32.4 Å². The number of hydrogen-bond acceptors (Lipinski definition) is 3. The van der Waals surface area contributed by atoms with Gasteiger partial charge in [-0.2, -0.15) is 5.10 Å². The molecular formula is C17H23N3O3. The van der Waals surface area contributed by atoms with Gasteiger partial charge in [0.25, 0.3) is 0 Å². The van der Waals surface area contributed by atoms with Gasteiger partial charge in [0.05, 0.1) is 17.8 Å². The third-order valence-corrected chi connectivity index (χ3v) is 6.09. The molecule has 3 aliphatic rings. The average Bonchev–Trinajstić information content (AvgIpc) is 2.94. The minimum atomic E-state index is -0.945. The van der Waals surface area contributed by atoms with Gasteiger partial charge in [0.1, 0.15) is 0 Å². The summed E-state index contributed by atoms with van der Waals surface area (Å²) in [7, 11) is 0. The monoisotopic (exact) mass is 317 g/mol. The van der Waals surface area contributed by atoms with Crippen molar-refractivity contribution in [2.45, 2.75) is 51.0 Å². The standard InChI is InChI=1S/C17H23N3O3/c21-15(14-9-17(14)5-1-2-6-17)19-7-3-13(4-8-19)20-11-12(10-18-20)16(22)23/h10-11,13-14H,1-9H2,(H,22,23). The summed E-state index contributed by atoms with van der Waals surface area (Å²) in [6, 6.07) is 0.201. The molecule has 3 fully saturated rings. The molecule has 0 bridgehead atoms. The van der Waals surface area contributed by atoms with E-state index in [9.17, 15) is 9.59 Å². The minimum Gasteiger partial charge on any atom is -0.478 e. The fourth-order valence-corrected chi connectivity index (χ4v) is 4.55. The van der Waals surface area contributed by atoms with Crippen molar-refractivity contribution >= 4 is 11.9 Å². The lowest BCUT2D eigenvalue weighted by molar-refractivity contribution is -0.134. The molecule has 0 radical (unpaired) electrons. The normalized spacial score (nSPS) is 26.6. The highest BCUT2D eigenvalue weighted by atomic mass is 16.4. The number of aromatic carboxylic acids is 1. The highest BCUT2D eigenvalue weighted by molar-refractivity contribution is 5.86. The fourth-order valence-electron chi connectivity index (χ4n) is 4.55. The molecule has 2 heterocycles. The Balaban J connectivity index is 1.34. The van der Waals surface area contributed by atoms with E-state index in [-0.39, 0.29) is 17.5 Å². The average molecular weight is 317 g/mol. The van der Waals surface area contributed by atoms with Gasteiger partial charge >= 0.3 is 5.97 Å². The van der Waals surface area contributed by atoms with Crippen molar-refractivity contribution in [3.63, 3.8) is 0 Å². The van der Waals surface area contributed by atoms with Crippen LogP contribution in [-0.2, 0) is 4.79 Å². The van der Waals surface area contributed by atoms with E-state index in [1.807, 2.05) is 4.90 Å². The van der Waals surface area contributed by atoms with Crippen LogP contribution in [-0.4, -0.2) is 44.8 Å². The number of carbonyl (C=O) groups excluding carboxylic acids is 1. The summed E-state index contributed by atoms with van der Waals surface area (Å²) in [6.07, 6.45) is 10.9. The Labute approximate surface area is 135 Å². The predicted octanol–water partition coefficient (Wildman–Crippen LogP) is 2.33. The third-order valence-electron chi connectivity index (χ3n) is 6.09. The number of amides is 1. The molecule has 1 aliphatic heterocycles. The Hall–Kier alpha value is -1.85. The van der Waals surface area contributed by atoms with E-state index in [1.54, 1.807) is 10.9 Å². The summed E-state index contributed by atoms with van der Waals surface area (Å²) < 4.78 is 1.75. The Morgan fingerprint density at radius 1 is 1.22 bits per heavy atom. The fraction of sp³-hybridized carbons (Fsp3) is 0.706. The zero-order valence-electron chi connectivity index (χ0n) is 13.3. The predicted molar refractivity (Wildman–Crippen MR) is 83.0 cm³/mol. The highest BCUT2D eigenvalue weighted by Crippen LogP contribution is 2.63. The minimum absolute atomic E-state index is 0.201. The van der Waals surface area contributed by atoms with Crippen molar-refractivity contribution < 1.29 is 14.7 Å². The quantitative estimate of drug-likeness (QED) is 0.928. The van der Waals surface area contributed by atoms with Gasteiger partial charge in [-0.05, 0) is 37.5 Å². The molecule has 4 rings (SSSR count). The SMILES string of the molecule is O=C(O)c1cnn(C2CCN(C(=O)C3CC34CCCC4)CC2)c1. The largest absolute Gasteiger partial charge is 0.478 e. The Bertz CT molecular complexity index is 625. The van der Waals surface area contributed by atoms with Crippen molar-refractivity contribution in [1.82, 2.24) is 14.7 Å². The molecule has 2 aliphatic carbocycles. The zero-order valence-corrected chi connectivity index (χ0v) is 13.3. The zero-order chi connectivity index (χ0) is 16.0. The van der Waals surface area contributed by atoms with E-state index in [1.165, 1.54) is 31.9 Å². The molecule has 2 saturated carbocycles. The maximum Gasteiger partial charge on any atom is 0.338 e. The summed E-state index contributed by atoms with van der Waals surface area (Å²) in [5.41, 5.74) is 0.594. The van der Waals surface area contributed by atoms with Crippen molar-refractivity contribution in [3.05, 3.63) is 18.0 Å². The first-order valence-corrected chi connectivity index (χ1v) is 8.65. The Kier molecular flexibility index (Phi) is 3.43. The number of piperidine rings is 1. The van der Waals surface area contributed by atoms with Gasteiger partial charge < -0.3 is 10.0 Å². The summed E-state index contributed by atoms with van der Waals surface area (Å²) in [6.45, 7) is 1.52. The molecule has 0 aromatic carbocycles. The van der Waals surface area contributed by atoms with E-state index >= 15 is 0 Å². The van der Waals surface area contributed by atoms with Gasteiger partial charge in [0, 0.05) is 25.2 Å². The molecular weight excluding hydrogens is 294 g/mol. The number of aromatic nitrogens is 2. The number of rotatable bonds is 3. The molecule has 1 atom stereocenters. The molecule has 1 spiro atoms. The van der Waals surface area contributed by atoms with Gasteiger partial charge in [-0.25, -0.2) is 4.79 Å².